The second-order valence-electron chi connectivity index (χ2n) is 7.50. The number of halogens is 1. The number of amides is 1. The van der Waals surface area contributed by atoms with E-state index in [0.29, 0.717) is 33.7 Å². The number of carbonyl (C=O) groups excluding carboxylic acids is 1. The summed E-state index contributed by atoms with van der Waals surface area (Å²) in [6.45, 7) is 3.82. The van der Waals surface area contributed by atoms with E-state index in [-0.39, 0.29) is 24.1 Å². The van der Waals surface area contributed by atoms with Gasteiger partial charge < -0.3 is 10.1 Å². The first-order valence-corrected chi connectivity index (χ1v) is 11.6. The van der Waals surface area contributed by atoms with E-state index in [2.05, 4.69) is 15.3 Å². The molecule has 4 rings (SSSR count). The zero-order valence-corrected chi connectivity index (χ0v) is 19.6. The molecule has 1 N–H and O–H groups in total. The van der Waals surface area contributed by atoms with Gasteiger partial charge in [-0.05, 0) is 50.2 Å². The molecular formula is C23H22ClN5O3S. The number of aromatic nitrogens is 4. The number of benzene rings is 2. The van der Waals surface area contributed by atoms with Gasteiger partial charge in [0.25, 0.3) is 17.2 Å². The van der Waals surface area contributed by atoms with E-state index in [9.17, 15) is 9.59 Å². The van der Waals surface area contributed by atoms with Crippen LogP contribution in [0, 0.1) is 0 Å². The van der Waals surface area contributed by atoms with E-state index in [1.165, 1.54) is 10.6 Å². The molecule has 0 aliphatic rings. The van der Waals surface area contributed by atoms with Crippen LogP contribution in [-0.2, 0) is 10.5 Å². The van der Waals surface area contributed by atoms with E-state index in [1.807, 2.05) is 38.1 Å². The van der Waals surface area contributed by atoms with E-state index >= 15 is 0 Å². The molecule has 0 bridgehead atoms. The number of rotatable bonds is 8. The Morgan fingerprint density at radius 2 is 1.94 bits per heavy atom. The van der Waals surface area contributed by atoms with Crippen LogP contribution in [0.4, 0.5) is 5.69 Å². The number of anilines is 1. The molecular weight excluding hydrogens is 462 g/mol. The minimum Gasteiger partial charge on any atom is -0.482 e. The molecule has 0 aliphatic heterocycles. The smallest absolute Gasteiger partial charge is 0.274 e. The first-order chi connectivity index (χ1) is 15.9. The van der Waals surface area contributed by atoms with Crippen molar-refractivity contribution < 1.29 is 9.53 Å². The highest BCUT2D eigenvalue weighted by molar-refractivity contribution is 7.98. The van der Waals surface area contributed by atoms with Gasteiger partial charge in [0.2, 0.25) is 0 Å². The first kappa shape index (κ1) is 22.9. The van der Waals surface area contributed by atoms with Crippen molar-refractivity contribution in [1.29, 1.82) is 0 Å². The molecule has 0 aliphatic carbocycles. The summed E-state index contributed by atoms with van der Waals surface area (Å²) in [5.41, 5.74) is 1.16. The molecule has 170 valence electrons. The number of thioether (sulfide) groups is 1. The summed E-state index contributed by atoms with van der Waals surface area (Å²) in [4.78, 5) is 34.4. The molecule has 2 heterocycles. The Bertz CT molecular complexity index is 1330. The van der Waals surface area contributed by atoms with Crippen molar-refractivity contribution in [2.75, 3.05) is 11.9 Å². The van der Waals surface area contributed by atoms with Crippen LogP contribution in [-0.4, -0.2) is 31.7 Å². The van der Waals surface area contributed by atoms with Crippen LogP contribution in [0.15, 0.2) is 70.6 Å². The SMILES string of the molecule is CC(C)n1cnc2nc(CSc3ccc(NC(=O)COc4ccccc4Cl)cc3)cc(=O)n21. The van der Waals surface area contributed by atoms with Gasteiger partial charge in [0.05, 0.1) is 10.7 Å². The maximum Gasteiger partial charge on any atom is 0.274 e. The average Bonchev–Trinajstić information content (AvgIpc) is 3.23. The Balaban J connectivity index is 1.33. The highest BCUT2D eigenvalue weighted by Crippen LogP contribution is 2.24. The fourth-order valence-corrected chi connectivity index (χ4v) is 4.09. The maximum atomic E-state index is 12.5. The third-order valence-corrected chi connectivity index (χ3v) is 6.06. The van der Waals surface area contributed by atoms with Crippen molar-refractivity contribution >= 4 is 40.7 Å². The summed E-state index contributed by atoms with van der Waals surface area (Å²) in [7, 11) is 0. The van der Waals surface area contributed by atoms with Gasteiger partial charge in [-0.25, -0.2) is 4.98 Å². The second-order valence-corrected chi connectivity index (χ2v) is 8.95. The Morgan fingerprint density at radius 3 is 2.67 bits per heavy atom. The van der Waals surface area contributed by atoms with Crippen molar-refractivity contribution in [2.45, 2.75) is 30.5 Å². The number of nitrogens with zero attached hydrogens (tertiary/aromatic N) is 4. The molecule has 0 fully saturated rings. The monoisotopic (exact) mass is 483 g/mol. The molecule has 2 aromatic carbocycles. The summed E-state index contributed by atoms with van der Waals surface area (Å²) in [6.07, 6.45) is 1.62. The van der Waals surface area contributed by atoms with Crippen molar-refractivity contribution in [2.24, 2.45) is 0 Å². The standard InChI is InChI=1S/C23H22ClN5O3S/c1-15(2)28-14-25-23-27-17(11-22(31)29(23)28)13-33-18-9-7-16(8-10-18)26-21(30)12-32-20-6-4-3-5-19(20)24/h3-11,14-15H,12-13H2,1-2H3,(H,26,30). The molecule has 1 amide bonds. The van der Waals surface area contributed by atoms with Crippen molar-refractivity contribution in [3.63, 3.8) is 0 Å². The number of hydrogen-bond acceptors (Lipinski definition) is 6. The summed E-state index contributed by atoms with van der Waals surface area (Å²) in [5.74, 6) is 1.10. The zero-order chi connectivity index (χ0) is 23.4. The average molecular weight is 484 g/mol. The Hall–Kier alpha value is -3.30. The van der Waals surface area contributed by atoms with Crippen molar-refractivity contribution in [1.82, 2.24) is 19.2 Å². The number of fused-ring (bicyclic) bond motifs is 1. The van der Waals surface area contributed by atoms with E-state index in [4.69, 9.17) is 16.3 Å². The molecule has 0 atom stereocenters. The molecule has 0 spiro atoms. The van der Waals surface area contributed by atoms with Crippen LogP contribution in [0.2, 0.25) is 5.02 Å². The Labute approximate surface area is 199 Å². The Morgan fingerprint density at radius 1 is 1.18 bits per heavy atom. The second kappa shape index (κ2) is 10.1. The fraction of sp³-hybridized carbons (Fsp3) is 0.217. The lowest BCUT2D eigenvalue weighted by atomic mass is 10.3. The number of nitrogens with one attached hydrogen (secondary N) is 1. The summed E-state index contributed by atoms with van der Waals surface area (Å²) >= 11 is 7.57. The number of para-hydroxylation sites is 1. The van der Waals surface area contributed by atoms with Gasteiger partial charge in [-0.15, -0.1) is 11.8 Å². The lowest BCUT2D eigenvalue weighted by Gasteiger charge is -2.09. The van der Waals surface area contributed by atoms with Crippen molar-refractivity contribution in [3.05, 3.63) is 82.0 Å². The zero-order valence-electron chi connectivity index (χ0n) is 18.1. The predicted octanol–water partition coefficient (Wildman–Crippen LogP) is 4.44. The van der Waals surface area contributed by atoms with Gasteiger partial charge in [-0.1, -0.05) is 23.7 Å². The van der Waals surface area contributed by atoms with Gasteiger partial charge >= 0.3 is 0 Å². The number of hydrogen-bond donors (Lipinski definition) is 1. The molecule has 0 saturated carbocycles. The third-order valence-electron chi connectivity index (χ3n) is 4.70. The van der Waals surface area contributed by atoms with Gasteiger partial charge in [0.15, 0.2) is 6.61 Å². The summed E-state index contributed by atoms with van der Waals surface area (Å²) < 4.78 is 8.68. The fourth-order valence-electron chi connectivity index (χ4n) is 3.11. The largest absolute Gasteiger partial charge is 0.482 e. The predicted molar refractivity (Wildman–Crippen MR) is 129 cm³/mol. The Kier molecular flexibility index (Phi) is 7.00. The van der Waals surface area contributed by atoms with Crippen LogP contribution in [0.5, 0.6) is 5.75 Å². The quantitative estimate of drug-likeness (QED) is 0.373. The van der Waals surface area contributed by atoms with E-state index in [1.54, 1.807) is 47.0 Å². The molecule has 2 aromatic heterocycles. The molecule has 4 aromatic rings. The van der Waals surface area contributed by atoms with E-state index < -0.39 is 0 Å². The topological polar surface area (TPSA) is 90.5 Å². The maximum absolute atomic E-state index is 12.5. The van der Waals surface area contributed by atoms with Gasteiger partial charge in [0.1, 0.15) is 12.1 Å². The normalized spacial score (nSPS) is 11.2. The van der Waals surface area contributed by atoms with Crippen molar-refractivity contribution in [3.8, 4) is 5.75 Å². The van der Waals surface area contributed by atoms with E-state index in [0.717, 1.165) is 4.90 Å². The summed E-state index contributed by atoms with van der Waals surface area (Å²) in [6, 6.07) is 16.1. The van der Waals surface area contributed by atoms with Crippen LogP contribution in [0.3, 0.4) is 0 Å². The van der Waals surface area contributed by atoms with Gasteiger partial charge in [0, 0.05) is 28.4 Å². The minimum atomic E-state index is -0.283. The molecule has 0 unspecified atom stereocenters. The third kappa shape index (κ3) is 5.55. The van der Waals surface area contributed by atoms with Crippen LogP contribution < -0.4 is 15.6 Å². The highest BCUT2D eigenvalue weighted by Gasteiger charge is 2.11. The highest BCUT2D eigenvalue weighted by atomic mass is 35.5. The first-order valence-electron chi connectivity index (χ1n) is 10.3. The number of ether oxygens (including phenoxy) is 1. The lowest BCUT2D eigenvalue weighted by Crippen LogP contribution is -2.22. The minimum absolute atomic E-state index is 0.108. The molecule has 0 radical (unpaired) electrons. The number of carbonyl (C=O) groups is 1. The molecule has 33 heavy (non-hydrogen) atoms. The molecule has 8 nitrogen and oxygen atoms in total. The lowest BCUT2D eigenvalue weighted by molar-refractivity contribution is -0.118. The van der Waals surface area contributed by atoms with Crippen LogP contribution in [0.25, 0.3) is 5.78 Å². The van der Waals surface area contributed by atoms with Gasteiger partial charge in [-0.2, -0.15) is 9.50 Å². The summed E-state index contributed by atoms with van der Waals surface area (Å²) in [5, 5.41) is 3.24. The van der Waals surface area contributed by atoms with Crippen LogP contribution >= 0.6 is 23.4 Å². The van der Waals surface area contributed by atoms with Crippen LogP contribution in [0.1, 0.15) is 25.6 Å². The molecule has 10 heteroatoms. The van der Waals surface area contributed by atoms with Gasteiger partial charge in [-0.3, -0.25) is 14.3 Å². The molecule has 0 saturated heterocycles.